The Morgan fingerprint density at radius 3 is 2.64 bits per heavy atom. The van der Waals surface area contributed by atoms with Crippen LogP contribution in [0.2, 0.25) is 0 Å². The van der Waals surface area contributed by atoms with Crippen LogP contribution in [0.5, 0.6) is 0 Å². The van der Waals surface area contributed by atoms with Crippen LogP contribution in [-0.2, 0) is 11.0 Å². The van der Waals surface area contributed by atoms with Gasteiger partial charge in [0.15, 0.2) is 5.71 Å². The van der Waals surface area contributed by atoms with Crippen molar-refractivity contribution in [1.29, 1.82) is 0 Å². The zero-order valence-electron chi connectivity index (χ0n) is 14.2. The minimum Gasteiger partial charge on any atom is -0.455 e. The van der Waals surface area contributed by atoms with Gasteiger partial charge in [0, 0.05) is 11.1 Å². The highest BCUT2D eigenvalue weighted by atomic mass is 19.4. The normalized spacial score (nSPS) is 15.2. The Morgan fingerprint density at radius 2 is 1.82 bits per heavy atom. The van der Waals surface area contributed by atoms with Gasteiger partial charge in [-0.05, 0) is 30.3 Å². The van der Waals surface area contributed by atoms with Crippen molar-refractivity contribution < 1.29 is 22.4 Å². The summed E-state index contributed by atoms with van der Waals surface area (Å²) in [5.41, 5.74) is 1.02. The summed E-state index contributed by atoms with van der Waals surface area (Å²) in [6.07, 6.45) is -3.14. The first-order valence-corrected chi connectivity index (χ1v) is 8.21. The number of nitrogens with one attached hydrogen (secondary N) is 1. The fraction of sp³-hybridized carbons (Fsp3) is 0.0500. The highest BCUT2D eigenvalue weighted by molar-refractivity contribution is 6.53. The van der Waals surface area contributed by atoms with Crippen molar-refractivity contribution in [2.75, 3.05) is 5.32 Å². The quantitative estimate of drug-likeness (QED) is 0.524. The summed E-state index contributed by atoms with van der Waals surface area (Å²) >= 11 is 0. The van der Waals surface area contributed by atoms with E-state index in [0.717, 1.165) is 12.1 Å². The van der Waals surface area contributed by atoms with Gasteiger partial charge in [-0.15, -0.1) is 5.10 Å². The molecule has 8 heteroatoms. The highest BCUT2D eigenvalue weighted by Crippen LogP contribution is 2.32. The predicted molar refractivity (Wildman–Crippen MR) is 98.3 cm³/mol. The Morgan fingerprint density at radius 1 is 1.00 bits per heavy atom. The van der Waals surface area contributed by atoms with E-state index < -0.39 is 11.7 Å². The molecule has 0 spiro atoms. The summed E-state index contributed by atoms with van der Waals surface area (Å²) in [5.74, 6) is 0.204. The molecule has 2 aromatic carbocycles. The van der Waals surface area contributed by atoms with Crippen molar-refractivity contribution >= 4 is 23.5 Å². The van der Waals surface area contributed by atoms with Crippen molar-refractivity contribution in [2.45, 2.75) is 6.18 Å². The maximum atomic E-state index is 12.8. The van der Waals surface area contributed by atoms with E-state index in [4.69, 9.17) is 4.42 Å². The van der Waals surface area contributed by atoms with Gasteiger partial charge in [0.25, 0.3) is 5.91 Å². The lowest BCUT2D eigenvalue weighted by Gasteiger charge is -2.07. The number of halogens is 3. The van der Waals surface area contributed by atoms with E-state index in [9.17, 15) is 18.0 Å². The second-order valence-electron chi connectivity index (χ2n) is 5.97. The molecule has 1 aliphatic heterocycles. The van der Waals surface area contributed by atoms with Gasteiger partial charge in [-0.3, -0.25) is 4.79 Å². The van der Waals surface area contributed by atoms with Crippen LogP contribution in [0.1, 0.15) is 16.9 Å². The third-order valence-corrected chi connectivity index (χ3v) is 4.09. The minimum absolute atomic E-state index is 0.177. The number of benzene rings is 2. The van der Waals surface area contributed by atoms with Gasteiger partial charge in [0.05, 0.1) is 17.5 Å². The van der Waals surface area contributed by atoms with Crippen molar-refractivity contribution in [2.24, 2.45) is 10.2 Å². The fourth-order valence-electron chi connectivity index (χ4n) is 2.77. The summed E-state index contributed by atoms with van der Waals surface area (Å²) in [7, 11) is 0. The SMILES string of the molecule is O=C1Nc2ccccc2/C1=N\N=C/c1ccc(-c2cccc(C(F)(F)F)c2)o1. The molecule has 0 radical (unpaired) electrons. The number of furan rings is 1. The summed E-state index contributed by atoms with van der Waals surface area (Å²) in [6.45, 7) is 0. The number of fused-ring (bicyclic) bond motifs is 1. The van der Waals surface area contributed by atoms with Crippen molar-refractivity contribution in [1.82, 2.24) is 0 Å². The number of hydrogen-bond donors (Lipinski definition) is 1. The molecular formula is C20H12F3N3O2. The molecule has 0 saturated carbocycles. The molecule has 0 aliphatic carbocycles. The van der Waals surface area contributed by atoms with E-state index in [1.807, 2.05) is 0 Å². The van der Waals surface area contributed by atoms with Crippen molar-refractivity contribution in [3.8, 4) is 11.3 Å². The number of rotatable bonds is 3. The Kier molecular flexibility index (Phi) is 4.31. The number of alkyl halides is 3. The number of anilines is 1. The van der Waals surface area contributed by atoms with Gasteiger partial charge in [-0.1, -0.05) is 30.3 Å². The van der Waals surface area contributed by atoms with Crippen LogP contribution in [-0.4, -0.2) is 17.8 Å². The van der Waals surface area contributed by atoms with Crippen LogP contribution < -0.4 is 5.32 Å². The zero-order valence-corrected chi connectivity index (χ0v) is 14.2. The van der Waals surface area contributed by atoms with E-state index in [1.165, 1.54) is 18.3 Å². The van der Waals surface area contributed by atoms with Gasteiger partial charge in [-0.2, -0.15) is 18.3 Å². The lowest BCUT2D eigenvalue weighted by molar-refractivity contribution is -0.137. The molecular weight excluding hydrogens is 371 g/mol. The number of hydrogen-bond acceptors (Lipinski definition) is 4. The smallest absolute Gasteiger partial charge is 0.416 e. The van der Waals surface area contributed by atoms with Gasteiger partial charge < -0.3 is 9.73 Å². The van der Waals surface area contributed by atoms with Gasteiger partial charge in [-0.25, -0.2) is 0 Å². The summed E-state index contributed by atoms with van der Waals surface area (Å²) < 4.78 is 44.0. The number of nitrogens with zero attached hydrogens (tertiary/aromatic N) is 2. The third-order valence-electron chi connectivity index (χ3n) is 4.09. The van der Waals surface area contributed by atoms with E-state index in [-0.39, 0.29) is 17.4 Å². The average Bonchev–Trinajstić information content (AvgIpc) is 3.26. The molecule has 0 saturated heterocycles. The van der Waals surface area contributed by atoms with E-state index in [1.54, 1.807) is 36.4 Å². The minimum atomic E-state index is -4.43. The number of carbonyl (C=O) groups excluding carboxylic acids is 1. The van der Waals surface area contributed by atoms with Gasteiger partial charge in [0.1, 0.15) is 11.5 Å². The second kappa shape index (κ2) is 6.80. The molecule has 4 rings (SSSR count). The molecule has 1 N–H and O–H groups in total. The first kappa shape index (κ1) is 17.7. The van der Waals surface area contributed by atoms with E-state index in [0.29, 0.717) is 22.6 Å². The Hall–Kier alpha value is -3.68. The summed E-state index contributed by atoms with van der Waals surface area (Å²) in [5, 5.41) is 10.5. The molecule has 2 heterocycles. The molecule has 1 aliphatic rings. The first-order valence-electron chi connectivity index (χ1n) is 8.21. The van der Waals surface area contributed by atoms with Crippen LogP contribution in [0.4, 0.5) is 18.9 Å². The second-order valence-corrected chi connectivity index (χ2v) is 5.97. The fourth-order valence-corrected chi connectivity index (χ4v) is 2.77. The number of para-hydroxylation sites is 1. The molecule has 5 nitrogen and oxygen atoms in total. The van der Waals surface area contributed by atoms with E-state index in [2.05, 4.69) is 15.5 Å². The largest absolute Gasteiger partial charge is 0.455 e. The Balaban J connectivity index is 1.56. The topological polar surface area (TPSA) is 67.0 Å². The van der Waals surface area contributed by atoms with Gasteiger partial charge in [0.2, 0.25) is 0 Å². The van der Waals surface area contributed by atoms with E-state index >= 15 is 0 Å². The lowest BCUT2D eigenvalue weighted by Crippen LogP contribution is -2.13. The molecule has 28 heavy (non-hydrogen) atoms. The standard InChI is InChI=1S/C20H12F3N3O2/c21-20(22,23)13-5-3-4-12(10-13)17-9-8-14(28-17)11-24-26-18-15-6-1-2-7-16(15)25-19(18)27/h1-11H,(H,25,26,27)/b24-11-. The van der Waals surface area contributed by atoms with Crippen LogP contribution in [0, 0.1) is 0 Å². The lowest BCUT2D eigenvalue weighted by atomic mass is 10.1. The molecule has 0 fully saturated rings. The Bertz CT molecular complexity index is 1110. The molecule has 0 bridgehead atoms. The molecule has 1 amide bonds. The Labute approximate surface area is 157 Å². The maximum Gasteiger partial charge on any atom is 0.416 e. The molecule has 1 aromatic heterocycles. The highest BCUT2D eigenvalue weighted by Gasteiger charge is 2.30. The molecule has 0 unspecified atom stereocenters. The van der Waals surface area contributed by atoms with Crippen LogP contribution in [0.3, 0.4) is 0 Å². The summed E-state index contributed by atoms with van der Waals surface area (Å²) in [4.78, 5) is 11.9. The number of carbonyl (C=O) groups is 1. The van der Waals surface area contributed by atoms with Crippen LogP contribution in [0.25, 0.3) is 11.3 Å². The third kappa shape index (κ3) is 3.44. The van der Waals surface area contributed by atoms with Crippen molar-refractivity contribution in [3.63, 3.8) is 0 Å². The van der Waals surface area contributed by atoms with Crippen molar-refractivity contribution in [3.05, 3.63) is 77.6 Å². The predicted octanol–water partition coefficient (Wildman–Crippen LogP) is 4.74. The average molecular weight is 383 g/mol. The van der Waals surface area contributed by atoms with Gasteiger partial charge >= 0.3 is 6.18 Å². The zero-order chi connectivity index (χ0) is 19.7. The summed E-state index contributed by atoms with van der Waals surface area (Å²) in [6, 6.07) is 15.0. The monoisotopic (exact) mass is 383 g/mol. The molecule has 140 valence electrons. The maximum absolute atomic E-state index is 12.8. The first-order chi connectivity index (χ1) is 13.4. The van der Waals surface area contributed by atoms with Crippen LogP contribution >= 0.6 is 0 Å². The number of amides is 1. The molecule has 0 atom stereocenters. The van der Waals surface area contributed by atoms with Crippen LogP contribution in [0.15, 0.2) is 75.3 Å². The molecule has 3 aromatic rings.